The zero-order valence-electron chi connectivity index (χ0n) is 7.48. The molecule has 0 aliphatic carbocycles. The summed E-state index contributed by atoms with van der Waals surface area (Å²) in [5, 5.41) is -0.108. The van der Waals surface area contributed by atoms with Crippen LogP contribution in [-0.2, 0) is 6.18 Å². The van der Waals surface area contributed by atoms with E-state index in [1.165, 1.54) is 6.07 Å². The van der Waals surface area contributed by atoms with Crippen LogP contribution in [0.5, 0.6) is 0 Å². The first kappa shape index (κ1) is 12.3. The molecule has 0 heterocycles. The lowest BCUT2D eigenvalue weighted by Gasteiger charge is -2.12. The maximum Gasteiger partial charge on any atom is 0.416 e. The van der Waals surface area contributed by atoms with Crippen molar-refractivity contribution in [1.82, 2.24) is 0 Å². The van der Waals surface area contributed by atoms with Crippen LogP contribution in [0.1, 0.15) is 17.2 Å². The van der Waals surface area contributed by atoms with Crippen LogP contribution in [0.25, 0.3) is 0 Å². The Morgan fingerprint density at radius 3 is 2.33 bits per heavy atom. The van der Waals surface area contributed by atoms with Gasteiger partial charge in [0.1, 0.15) is 6.67 Å². The van der Waals surface area contributed by atoms with Crippen LogP contribution in [0.3, 0.4) is 0 Å². The van der Waals surface area contributed by atoms with Crippen LogP contribution in [0.2, 0.25) is 5.02 Å². The molecule has 0 aliphatic rings. The summed E-state index contributed by atoms with van der Waals surface area (Å²) in [6, 6.07) is 1.72. The molecule has 0 bridgehead atoms. The van der Waals surface area contributed by atoms with E-state index in [0.29, 0.717) is 0 Å². The van der Waals surface area contributed by atoms with E-state index in [9.17, 15) is 17.6 Å². The van der Waals surface area contributed by atoms with Crippen molar-refractivity contribution >= 4 is 11.6 Å². The van der Waals surface area contributed by atoms with Crippen molar-refractivity contribution in [1.29, 1.82) is 0 Å². The second kappa shape index (κ2) is 4.37. The van der Waals surface area contributed by atoms with E-state index in [-0.39, 0.29) is 10.6 Å². The molecule has 0 saturated carbocycles. The molecular weight excluding hydrogens is 234 g/mol. The zero-order valence-corrected chi connectivity index (χ0v) is 8.24. The van der Waals surface area contributed by atoms with E-state index in [1.807, 2.05) is 0 Å². The number of hydrogen-bond donors (Lipinski definition) is 1. The van der Waals surface area contributed by atoms with E-state index in [4.69, 9.17) is 17.3 Å². The minimum absolute atomic E-state index is 0.0392. The Labute approximate surface area is 88.8 Å². The van der Waals surface area contributed by atoms with Gasteiger partial charge in [0.25, 0.3) is 0 Å². The minimum atomic E-state index is -4.50. The fourth-order valence-corrected chi connectivity index (χ4v) is 1.32. The summed E-state index contributed by atoms with van der Waals surface area (Å²) >= 11 is 5.48. The third-order valence-electron chi connectivity index (χ3n) is 1.84. The first-order valence-electron chi connectivity index (χ1n) is 4.04. The molecule has 0 spiro atoms. The molecular formula is C9H8ClF4N. The van der Waals surface area contributed by atoms with Gasteiger partial charge in [-0.3, -0.25) is 0 Å². The quantitative estimate of drug-likeness (QED) is 0.790. The van der Waals surface area contributed by atoms with Gasteiger partial charge in [-0.15, -0.1) is 0 Å². The molecule has 0 fully saturated rings. The smallest absolute Gasteiger partial charge is 0.322 e. The summed E-state index contributed by atoms with van der Waals surface area (Å²) in [7, 11) is 0. The van der Waals surface area contributed by atoms with Crippen molar-refractivity contribution in [2.75, 3.05) is 6.67 Å². The summed E-state index contributed by atoms with van der Waals surface area (Å²) in [6.07, 6.45) is -4.50. The van der Waals surface area contributed by atoms with Gasteiger partial charge in [-0.05, 0) is 23.8 Å². The second-order valence-corrected chi connectivity index (χ2v) is 3.47. The van der Waals surface area contributed by atoms with Gasteiger partial charge in [0.15, 0.2) is 0 Å². The molecule has 0 aliphatic heterocycles. The molecule has 15 heavy (non-hydrogen) atoms. The number of alkyl halides is 4. The third-order valence-corrected chi connectivity index (χ3v) is 2.06. The van der Waals surface area contributed by atoms with Gasteiger partial charge in [-0.1, -0.05) is 11.6 Å². The molecule has 0 radical (unpaired) electrons. The highest BCUT2D eigenvalue weighted by atomic mass is 35.5. The van der Waals surface area contributed by atoms with E-state index in [2.05, 4.69) is 0 Å². The predicted octanol–water partition coefficient (Wildman–Crippen LogP) is 3.33. The van der Waals surface area contributed by atoms with E-state index < -0.39 is 24.5 Å². The Morgan fingerprint density at radius 2 is 1.87 bits per heavy atom. The van der Waals surface area contributed by atoms with E-state index in [1.54, 1.807) is 0 Å². The Kier molecular flexibility index (Phi) is 3.57. The molecule has 0 unspecified atom stereocenters. The lowest BCUT2D eigenvalue weighted by molar-refractivity contribution is -0.137. The molecule has 1 nitrogen and oxygen atoms in total. The summed E-state index contributed by atoms with van der Waals surface area (Å²) < 4.78 is 49.1. The minimum Gasteiger partial charge on any atom is -0.322 e. The van der Waals surface area contributed by atoms with Gasteiger partial charge >= 0.3 is 6.18 Å². The Morgan fingerprint density at radius 1 is 1.27 bits per heavy atom. The summed E-state index contributed by atoms with van der Waals surface area (Å²) in [6.45, 7) is -0.933. The van der Waals surface area contributed by atoms with Crippen LogP contribution in [-0.4, -0.2) is 6.67 Å². The summed E-state index contributed by atoms with van der Waals surface area (Å²) in [4.78, 5) is 0. The molecule has 6 heteroatoms. The molecule has 1 aromatic carbocycles. The number of hydrogen-bond acceptors (Lipinski definition) is 1. The summed E-state index contributed by atoms with van der Waals surface area (Å²) in [5.41, 5.74) is 4.39. The van der Waals surface area contributed by atoms with Crippen molar-refractivity contribution in [2.24, 2.45) is 5.73 Å². The molecule has 1 atom stereocenters. The van der Waals surface area contributed by atoms with Gasteiger partial charge in [0.2, 0.25) is 0 Å². The van der Waals surface area contributed by atoms with Crippen LogP contribution >= 0.6 is 11.6 Å². The highest BCUT2D eigenvalue weighted by Gasteiger charge is 2.31. The van der Waals surface area contributed by atoms with Crippen LogP contribution in [0.4, 0.5) is 17.6 Å². The molecule has 1 rings (SSSR count). The molecule has 0 aromatic heterocycles. The van der Waals surface area contributed by atoms with Gasteiger partial charge in [-0.25, -0.2) is 4.39 Å². The van der Waals surface area contributed by atoms with Gasteiger partial charge < -0.3 is 5.73 Å². The standard InChI is InChI=1S/C9H8ClF4N/c10-7-2-5(8(15)4-11)1-6(3-7)9(12,13)14/h1-3,8H,4,15H2/t8-/m0/s1. The van der Waals surface area contributed by atoms with Gasteiger partial charge in [0.05, 0.1) is 11.6 Å². The molecule has 84 valence electrons. The average molecular weight is 242 g/mol. The number of nitrogens with two attached hydrogens (primary N) is 1. The van der Waals surface area contributed by atoms with Crippen molar-refractivity contribution in [3.8, 4) is 0 Å². The fraction of sp³-hybridized carbons (Fsp3) is 0.333. The van der Waals surface area contributed by atoms with Crippen molar-refractivity contribution < 1.29 is 17.6 Å². The first-order chi connectivity index (χ1) is 6.84. The van der Waals surface area contributed by atoms with Crippen molar-refractivity contribution in [3.63, 3.8) is 0 Å². The average Bonchev–Trinajstić information content (AvgIpc) is 2.14. The van der Waals surface area contributed by atoms with E-state index >= 15 is 0 Å². The molecule has 1 aromatic rings. The Hall–Kier alpha value is -0.810. The Balaban J connectivity index is 3.17. The SMILES string of the molecule is N[C@@H](CF)c1cc(Cl)cc(C(F)(F)F)c1. The topological polar surface area (TPSA) is 26.0 Å². The maximum absolute atomic E-state index is 12.3. The highest BCUT2D eigenvalue weighted by Crippen LogP contribution is 2.32. The lowest BCUT2D eigenvalue weighted by Crippen LogP contribution is -2.14. The highest BCUT2D eigenvalue weighted by molar-refractivity contribution is 6.30. The number of rotatable bonds is 2. The fourth-order valence-electron chi connectivity index (χ4n) is 1.08. The molecule has 2 N–H and O–H groups in total. The molecule has 0 saturated heterocycles. The van der Waals surface area contributed by atoms with Crippen molar-refractivity contribution in [2.45, 2.75) is 12.2 Å². The largest absolute Gasteiger partial charge is 0.416 e. The monoisotopic (exact) mass is 241 g/mol. The number of benzene rings is 1. The lowest BCUT2D eigenvalue weighted by atomic mass is 10.1. The second-order valence-electron chi connectivity index (χ2n) is 3.03. The zero-order chi connectivity index (χ0) is 11.6. The normalized spacial score (nSPS) is 14.0. The third kappa shape index (κ3) is 3.07. The molecule has 0 amide bonds. The predicted molar refractivity (Wildman–Crippen MR) is 49.4 cm³/mol. The van der Waals surface area contributed by atoms with Gasteiger partial charge in [0, 0.05) is 5.02 Å². The van der Waals surface area contributed by atoms with Crippen LogP contribution < -0.4 is 5.73 Å². The van der Waals surface area contributed by atoms with Gasteiger partial charge in [-0.2, -0.15) is 13.2 Å². The number of halogens is 5. The van der Waals surface area contributed by atoms with E-state index in [0.717, 1.165) is 12.1 Å². The Bertz CT molecular complexity index is 350. The van der Waals surface area contributed by atoms with Crippen molar-refractivity contribution in [3.05, 3.63) is 34.3 Å². The van der Waals surface area contributed by atoms with Crippen LogP contribution in [0.15, 0.2) is 18.2 Å². The maximum atomic E-state index is 12.3. The van der Waals surface area contributed by atoms with Crippen LogP contribution in [0, 0.1) is 0 Å². The summed E-state index contributed by atoms with van der Waals surface area (Å²) in [5.74, 6) is 0. The first-order valence-corrected chi connectivity index (χ1v) is 4.41.